The van der Waals surface area contributed by atoms with E-state index in [1.807, 2.05) is 13.8 Å². The van der Waals surface area contributed by atoms with Crippen LogP contribution in [0.1, 0.15) is 29.8 Å². The van der Waals surface area contributed by atoms with Crippen LogP contribution in [0.25, 0.3) is 0 Å². The maximum absolute atomic E-state index is 13.5. The van der Waals surface area contributed by atoms with Crippen LogP contribution in [-0.2, 0) is 16.1 Å². The van der Waals surface area contributed by atoms with Gasteiger partial charge in [0.25, 0.3) is 5.91 Å². The van der Waals surface area contributed by atoms with Crippen molar-refractivity contribution in [2.45, 2.75) is 26.4 Å². The van der Waals surface area contributed by atoms with Crippen LogP contribution in [0.15, 0.2) is 42.5 Å². The van der Waals surface area contributed by atoms with Gasteiger partial charge in [0.2, 0.25) is 0 Å². The number of halogens is 2. The monoisotopic (exact) mass is 405 g/mol. The lowest BCUT2D eigenvalue weighted by atomic mass is 10.1. The van der Waals surface area contributed by atoms with Crippen molar-refractivity contribution in [1.29, 1.82) is 0 Å². The van der Waals surface area contributed by atoms with E-state index in [9.17, 15) is 23.2 Å². The highest BCUT2D eigenvalue weighted by atomic mass is 19.1. The van der Waals surface area contributed by atoms with Gasteiger partial charge in [0.1, 0.15) is 11.6 Å². The molecule has 0 saturated carbocycles. The van der Waals surface area contributed by atoms with E-state index in [4.69, 9.17) is 4.74 Å². The van der Waals surface area contributed by atoms with Crippen molar-refractivity contribution in [3.8, 4) is 0 Å². The van der Waals surface area contributed by atoms with E-state index in [1.165, 1.54) is 12.1 Å². The average Bonchev–Trinajstić information content (AvgIpc) is 2.66. The number of rotatable bonds is 7. The van der Waals surface area contributed by atoms with Crippen molar-refractivity contribution in [3.05, 3.63) is 65.2 Å². The molecule has 0 fully saturated rings. The first-order valence-electron chi connectivity index (χ1n) is 8.80. The molecule has 0 unspecified atom stereocenters. The summed E-state index contributed by atoms with van der Waals surface area (Å²) in [5, 5.41) is 7.56. The molecule has 0 aliphatic rings. The van der Waals surface area contributed by atoms with Gasteiger partial charge in [0.05, 0.1) is 11.3 Å². The minimum Gasteiger partial charge on any atom is -0.452 e. The van der Waals surface area contributed by atoms with Crippen LogP contribution in [0.3, 0.4) is 0 Å². The van der Waals surface area contributed by atoms with Crippen LogP contribution in [0.2, 0.25) is 0 Å². The molecule has 0 aromatic heterocycles. The van der Waals surface area contributed by atoms with Crippen LogP contribution in [-0.4, -0.2) is 30.6 Å². The Morgan fingerprint density at radius 1 is 1.03 bits per heavy atom. The number of anilines is 1. The van der Waals surface area contributed by atoms with Crippen molar-refractivity contribution in [1.82, 2.24) is 10.6 Å². The van der Waals surface area contributed by atoms with Gasteiger partial charge in [-0.15, -0.1) is 0 Å². The molecule has 0 bridgehead atoms. The van der Waals surface area contributed by atoms with Gasteiger partial charge in [-0.1, -0.05) is 12.1 Å². The number of carbonyl (C=O) groups excluding carboxylic acids is 3. The van der Waals surface area contributed by atoms with Crippen molar-refractivity contribution in [2.24, 2.45) is 0 Å². The van der Waals surface area contributed by atoms with E-state index < -0.39 is 30.1 Å². The Balaban J connectivity index is 1.81. The van der Waals surface area contributed by atoms with E-state index in [0.29, 0.717) is 6.07 Å². The van der Waals surface area contributed by atoms with Gasteiger partial charge in [0.15, 0.2) is 6.61 Å². The van der Waals surface area contributed by atoms with E-state index in [2.05, 4.69) is 16.0 Å². The quantitative estimate of drug-likeness (QED) is 0.617. The van der Waals surface area contributed by atoms with Gasteiger partial charge in [0, 0.05) is 18.7 Å². The van der Waals surface area contributed by atoms with Crippen molar-refractivity contribution in [2.75, 3.05) is 11.9 Å². The molecule has 0 aliphatic carbocycles. The van der Waals surface area contributed by atoms with Crippen molar-refractivity contribution in [3.63, 3.8) is 0 Å². The Kier molecular flexibility index (Phi) is 7.64. The maximum Gasteiger partial charge on any atom is 0.338 e. The topological polar surface area (TPSA) is 96.5 Å². The van der Waals surface area contributed by atoms with E-state index in [1.54, 1.807) is 12.1 Å². The zero-order valence-electron chi connectivity index (χ0n) is 15.9. The molecule has 3 N–H and O–H groups in total. The number of hydrogen-bond donors (Lipinski definition) is 3. The second-order valence-electron chi connectivity index (χ2n) is 6.43. The second-order valence-corrected chi connectivity index (χ2v) is 6.43. The number of hydrogen-bond acceptors (Lipinski definition) is 4. The molecule has 2 aromatic rings. The molecular formula is C20H21F2N3O4. The fraction of sp³-hybridized carbons (Fsp3) is 0.250. The summed E-state index contributed by atoms with van der Waals surface area (Å²) in [6.45, 7) is 3.33. The lowest BCUT2D eigenvalue weighted by Gasteiger charge is -2.10. The highest BCUT2D eigenvalue weighted by molar-refractivity contribution is 5.95. The summed E-state index contributed by atoms with van der Waals surface area (Å²) in [5.74, 6) is -3.21. The maximum atomic E-state index is 13.5. The molecule has 0 saturated heterocycles. The minimum atomic E-state index is -0.934. The summed E-state index contributed by atoms with van der Waals surface area (Å²) < 4.78 is 31.2. The van der Waals surface area contributed by atoms with Gasteiger partial charge in [-0.3, -0.25) is 4.79 Å². The summed E-state index contributed by atoms with van der Waals surface area (Å²) in [5.41, 5.74) is 0.761. The van der Waals surface area contributed by atoms with E-state index in [0.717, 1.165) is 17.7 Å². The highest BCUT2D eigenvalue weighted by Gasteiger charge is 2.12. The number of esters is 1. The fourth-order valence-electron chi connectivity index (χ4n) is 2.25. The van der Waals surface area contributed by atoms with Crippen molar-refractivity contribution < 1.29 is 27.9 Å². The van der Waals surface area contributed by atoms with Gasteiger partial charge in [-0.25, -0.2) is 18.4 Å². The summed E-state index contributed by atoms with van der Waals surface area (Å²) in [6.07, 6.45) is 0. The number of ether oxygens (including phenoxy) is 1. The van der Waals surface area contributed by atoms with Crippen LogP contribution in [0.4, 0.5) is 19.3 Å². The minimum absolute atomic E-state index is 0.0175. The standard InChI is InChI=1S/C20H21F2N3O4/c1-12(2)24-20(28)23-10-13-3-5-14(6-4-13)19(27)29-11-18(26)25-17-8-7-15(21)9-16(17)22/h3-9,12H,10-11H2,1-2H3,(H,25,26)(H2,23,24,28). The molecule has 0 spiro atoms. The molecule has 154 valence electrons. The molecule has 2 rings (SSSR count). The lowest BCUT2D eigenvalue weighted by Crippen LogP contribution is -2.39. The third kappa shape index (κ3) is 7.21. The van der Waals surface area contributed by atoms with Crippen LogP contribution in [0, 0.1) is 11.6 Å². The number of amides is 3. The Labute approximate surface area is 166 Å². The zero-order valence-corrected chi connectivity index (χ0v) is 15.9. The highest BCUT2D eigenvalue weighted by Crippen LogP contribution is 2.14. The van der Waals surface area contributed by atoms with E-state index in [-0.39, 0.29) is 29.9 Å². The molecule has 29 heavy (non-hydrogen) atoms. The van der Waals surface area contributed by atoms with Gasteiger partial charge >= 0.3 is 12.0 Å². The molecule has 9 heteroatoms. The molecule has 0 aliphatic heterocycles. The summed E-state index contributed by atoms with van der Waals surface area (Å²) >= 11 is 0. The van der Waals surface area contributed by atoms with Gasteiger partial charge < -0.3 is 20.7 Å². The number of nitrogens with one attached hydrogen (secondary N) is 3. The van der Waals surface area contributed by atoms with Crippen molar-refractivity contribution >= 4 is 23.6 Å². The third-order valence-corrected chi connectivity index (χ3v) is 3.60. The Morgan fingerprint density at radius 2 is 1.72 bits per heavy atom. The van der Waals surface area contributed by atoms with Crippen LogP contribution in [0.5, 0.6) is 0 Å². The first-order chi connectivity index (χ1) is 13.7. The number of carbonyl (C=O) groups is 3. The molecule has 2 aromatic carbocycles. The predicted molar refractivity (Wildman–Crippen MR) is 102 cm³/mol. The molecular weight excluding hydrogens is 384 g/mol. The van der Waals surface area contributed by atoms with Gasteiger partial charge in [-0.2, -0.15) is 0 Å². The zero-order chi connectivity index (χ0) is 21.4. The second kappa shape index (κ2) is 10.2. The van der Waals surface area contributed by atoms with Crippen LogP contribution >= 0.6 is 0 Å². The Morgan fingerprint density at radius 3 is 2.34 bits per heavy atom. The third-order valence-electron chi connectivity index (χ3n) is 3.60. The van der Waals surface area contributed by atoms with Crippen LogP contribution < -0.4 is 16.0 Å². The fourth-order valence-corrected chi connectivity index (χ4v) is 2.25. The number of benzene rings is 2. The molecule has 0 heterocycles. The molecule has 7 nitrogen and oxygen atoms in total. The smallest absolute Gasteiger partial charge is 0.338 e. The Bertz CT molecular complexity index is 886. The average molecular weight is 405 g/mol. The summed E-state index contributed by atoms with van der Waals surface area (Å²) in [4.78, 5) is 35.3. The first kappa shape index (κ1) is 21.8. The molecule has 0 atom stereocenters. The van der Waals surface area contributed by atoms with Gasteiger partial charge in [-0.05, 0) is 43.7 Å². The SMILES string of the molecule is CC(C)NC(=O)NCc1ccc(C(=O)OCC(=O)Nc2ccc(F)cc2F)cc1. The summed E-state index contributed by atoms with van der Waals surface area (Å²) in [7, 11) is 0. The Hall–Kier alpha value is -3.49. The molecule has 0 radical (unpaired) electrons. The first-order valence-corrected chi connectivity index (χ1v) is 8.80. The largest absolute Gasteiger partial charge is 0.452 e. The summed E-state index contributed by atoms with van der Waals surface area (Å²) in [6, 6.07) is 8.68. The van der Waals surface area contributed by atoms with E-state index >= 15 is 0 Å². The lowest BCUT2D eigenvalue weighted by molar-refractivity contribution is -0.119. The number of urea groups is 1. The predicted octanol–water partition coefficient (Wildman–Crippen LogP) is 2.97. The molecule has 3 amide bonds. The normalized spacial score (nSPS) is 10.4.